The third-order valence-electron chi connectivity index (χ3n) is 2.68. The Labute approximate surface area is 86.9 Å². The molecule has 2 nitrogen and oxygen atoms in total. The number of hydrogen-bond acceptors (Lipinski definition) is 2. The molecule has 72 valence electrons. The predicted octanol–water partition coefficient (Wildman–Crippen LogP) is 2.14. The van der Waals surface area contributed by atoms with Gasteiger partial charge >= 0.3 is 0 Å². The summed E-state index contributed by atoms with van der Waals surface area (Å²) >= 11 is 1.84. The van der Waals surface area contributed by atoms with Crippen molar-refractivity contribution in [3.8, 4) is 0 Å². The Bertz CT molecular complexity index is 475. The van der Waals surface area contributed by atoms with Crippen LogP contribution in [0.2, 0.25) is 0 Å². The minimum Gasteiger partial charge on any atom is -0.349 e. The molecule has 0 unspecified atom stereocenters. The summed E-state index contributed by atoms with van der Waals surface area (Å²) in [7, 11) is 0. The van der Waals surface area contributed by atoms with Crippen LogP contribution in [0.1, 0.15) is 5.56 Å². The summed E-state index contributed by atoms with van der Waals surface area (Å²) in [5.74, 6) is 1.03. The van der Waals surface area contributed by atoms with Gasteiger partial charge in [0.05, 0.1) is 5.03 Å². The van der Waals surface area contributed by atoms with Crippen molar-refractivity contribution in [3.63, 3.8) is 0 Å². The third kappa shape index (κ3) is 1.16. The number of aromatic amines is 1. The molecule has 1 aliphatic rings. The lowest BCUT2D eigenvalue weighted by Gasteiger charge is -2.17. The molecule has 1 atom stereocenters. The van der Waals surface area contributed by atoms with Crippen molar-refractivity contribution in [1.82, 2.24) is 4.98 Å². The summed E-state index contributed by atoms with van der Waals surface area (Å²) in [6, 6.07) is 8.76. The Balaban J connectivity index is 2.25. The minimum atomic E-state index is 0.312. The highest BCUT2D eigenvalue weighted by Crippen LogP contribution is 2.34. The quantitative estimate of drug-likeness (QED) is 0.690. The molecule has 0 radical (unpaired) electrons. The first-order chi connectivity index (χ1) is 6.84. The van der Waals surface area contributed by atoms with Crippen molar-refractivity contribution >= 4 is 22.7 Å². The van der Waals surface area contributed by atoms with E-state index in [4.69, 9.17) is 5.73 Å². The van der Waals surface area contributed by atoms with Gasteiger partial charge in [0.2, 0.25) is 0 Å². The number of para-hydroxylation sites is 1. The zero-order chi connectivity index (χ0) is 9.54. The van der Waals surface area contributed by atoms with Crippen LogP contribution in [0.25, 0.3) is 10.9 Å². The molecule has 0 bridgehead atoms. The maximum atomic E-state index is 5.97. The van der Waals surface area contributed by atoms with Crippen molar-refractivity contribution in [2.24, 2.45) is 5.73 Å². The molecule has 0 saturated heterocycles. The van der Waals surface area contributed by atoms with Crippen LogP contribution in [-0.4, -0.2) is 16.8 Å². The van der Waals surface area contributed by atoms with E-state index in [1.807, 2.05) is 11.8 Å². The second-order valence-corrected chi connectivity index (χ2v) is 4.78. The Hall–Kier alpha value is -0.930. The minimum absolute atomic E-state index is 0.312. The van der Waals surface area contributed by atoms with E-state index in [0.717, 1.165) is 12.2 Å². The number of H-pyrrole nitrogens is 1. The van der Waals surface area contributed by atoms with Crippen LogP contribution in [0.4, 0.5) is 0 Å². The summed E-state index contributed by atoms with van der Waals surface area (Å²) in [5, 5.41) is 2.65. The van der Waals surface area contributed by atoms with Gasteiger partial charge < -0.3 is 10.7 Å². The van der Waals surface area contributed by atoms with E-state index >= 15 is 0 Å². The number of aromatic nitrogens is 1. The summed E-state index contributed by atoms with van der Waals surface area (Å²) in [5.41, 5.74) is 8.61. The van der Waals surface area contributed by atoms with Gasteiger partial charge in [-0.2, -0.15) is 0 Å². The third-order valence-corrected chi connectivity index (χ3v) is 3.91. The topological polar surface area (TPSA) is 41.8 Å². The average Bonchev–Trinajstić information content (AvgIpc) is 2.56. The van der Waals surface area contributed by atoms with E-state index in [1.165, 1.54) is 21.5 Å². The fourth-order valence-corrected chi connectivity index (χ4v) is 3.06. The van der Waals surface area contributed by atoms with Gasteiger partial charge in [-0.25, -0.2) is 0 Å². The Morgan fingerprint density at radius 1 is 1.36 bits per heavy atom. The monoisotopic (exact) mass is 204 g/mol. The molecule has 1 aliphatic heterocycles. The van der Waals surface area contributed by atoms with Gasteiger partial charge in [-0.15, -0.1) is 11.8 Å². The fourth-order valence-electron chi connectivity index (χ4n) is 2.01. The number of thioether (sulfide) groups is 1. The van der Waals surface area contributed by atoms with Crippen molar-refractivity contribution in [2.75, 3.05) is 5.75 Å². The number of fused-ring (bicyclic) bond motifs is 3. The molecule has 3 N–H and O–H groups in total. The van der Waals surface area contributed by atoms with Crippen LogP contribution in [-0.2, 0) is 6.42 Å². The molecule has 0 spiro atoms. The van der Waals surface area contributed by atoms with Crippen LogP contribution in [0.15, 0.2) is 29.3 Å². The second-order valence-electron chi connectivity index (χ2n) is 3.75. The average molecular weight is 204 g/mol. The molecular weight excluding hydrogens is 192 g/mol. The predicted molar refractivity (Wildman–Crippen MR) is 60.7 cm³/mol. The zero-order valence-corrected chi connectivity index (χ0v) is 8.60. The Morgan fingerprint density at radius 3 is 3.14 bits per heavy atom. The first-order valence-corrected chi connectivity index (χ1v) is 5.81. The molecule has 3 heteroatoms. The van der Waals surface area contributed by atoms with Gasteiger partial charge in [0, 0.05) is 22.7 Å². The maximum absolute atomic E-state index is 5.97. The molecule has 0 aliphatic carbocycles. The first kappa shape index (κ1) is 8.38. The number of benzene rings is 1. The number of nitrogens with two attached hydrogens (primary N) is 1. The summed E-state index contributed by atoms with van der Waals surface area (Å²) in [4.78, 5) is 3.44. The van der Waals surface area contributed by atoms with Gasteiger partial charge in [0.1, 0.15) is 0 Å². The summed E-state index contributed by atoms with van der Waals surface area (Å²) in [6.45, 7) is 0. The van der Waals surface area contributed by atoms with Crippen LogP contribution in [0, 0.1) is 0 Å². The highest BCUT2D eigenvalue weighted by Gasteiger charge is 2.19. The molecule has 0 fully saturated rings. The SMILES string of the molecule is N[C@@H]1CSc2[nH]c3ccccc3c2C1. The smallest absolute Gasteiger partial charge is 0.0766 e. The van der Waals surface area contributed by atoms with Crippen LogP contribution in [0.5, 0.6) is 0 Å². The van der Waals surface area contributed by atoms with E-state index < -0.39 is 0 Å². The number of nitrogens with one attached hydrogen (secondary N) is 1. The van der Waals surface area contributed by atoms with E-state index in [0.29, 0.717) is 6.04 Å². The molecule has 2 aromatic rings. The van der Waals surface area contributed by atoms with Gasteiger partial charge in [0.25, 0.3) is 0 Å². The Kier molecular flexibility index (Phi) is 1.82. The van der Waals surface area contributed by atoms with Crippen molar-refractivity contribution < 1.29 is 0 Å². The summed E-state index contributed by atoms with van der Waals surface area (Å²) < 4.78 is 0. The largest absolute Gasteiger partial charge is 0.349 e. The molecular formula is C11H12N2S. The molecule has 1 aromatic carbocycles. The molecule has 14 heavy (non-hydrogen) atoms. The van der Waals surface area contributed by atoms with E-state index in [-0.39, 0.29) is 0 Å². The first-order valence-electron chi connectivity index (χ1n) is 4.82. The van der Waals surface area contributed by atoms with Crippen LogP contribution < -0.4 is 5.73 Å². The summed E-state index contributed by atoms with van der Waals surface area (Å²) in [6.07, 6.45) is 1.01. The van der Waals surface area contributed by atoms with Crippen LogP contribution in [0.3, 0.4) is 0 Å². The number of rotatable bonds is 0. The van der Waals surface area contributed by atoms with E-state index in [2.05, 4.69) is 29.2 Å². The van der Waals surface area contributed by atoms with Gasteiger partial charge in [-0.05, 0) is 18.1 Å². The van der Waals surface area contributed by atoms with Gasteiger partial charge in [-0.1, -0.05) is 18.2 Å². The van der Waals surface area contributed by atoms with Crippen molar-refractivity contribution in [2.45, 2.75) is 17.5 Å². The highest BCUT2D eigenvalue weighted by atomic mass is 32.2. The lowest BCUT2D eigenvalue weighted by Crippen LogP contribution is -2.28. The second kappa shape index (κ2) is 3.04. The lowest BCUT2D eigenvalue weighted by molar-refractivity contribution is 0.727. The lowest BCUT2D eigenvalue weighted by atomic mass is 10.1. The molecule has 1 aromatic heterocycles. The van der Waals surface area contributed by atoms with Gasteiger partial charge in [-0.3, -0.25) is 0 Å². The zero-order valence-electron chi connectivity index (χ0n) is 7.79. The van der Waals surface area contributed by atoms with Crippen LogP contribution >= 0.6 is 11.8 Å². The number of hydrogen-bond donors (Lipinski definition) is 2. The van der Waals surface area contributed by atoms with E-state index in [1.54, 1.807) is 0 Å². The Morgan fingerprint density at radius 2 is 2.21 bits per heavy atom. The standard InChI is InChI=1S/C11H12N2S/c12-7-5-9-8-3-1-2-4-10(8)13-11(9)14-6-7/h1-4,7,13H,5-6,12H2/t7-/m0/s1. The normalized spacial score (nSPS) is 21.1. The molecule has 3 rings (SSSR count). The fraction of sp³-hybridized carbons (Fsp3) is 0.273. The molecule has 2 heterocycles. The molecule has 0 amide bonds. The van der Waals surface area contributed by atoms with Gasteiger partial charge in [0.15, 0.2) is 0 Å². The molecule has 0 saturated carbocycles. The van der Waals surface area contributed by atoms with Crippen molar-refractivity contribution in [1.29, 1.82) is 0 Å². The van der Waals surface area contributed by atoms with Crippen molar-refractivity contribution in [3.05, 3.63) is 29.8 Å². The maximum Gasteiger partial charge on any atom is 0.0766 e. The highest BCUT2D eigenvalue weighted by molar-refractivity contribution is 7.99. The van der Waals surface area contributed by atoms with E-state index in [9.17, 15) is 0 Å².